The Bertz CT molecular complexity index is 278. The Hall–Kier alpha value is -0.610. The van der Waals surface area contributed by atoms with Crippen LogP contribution in [-0.4, -0.2) is 18.3 Å². The molecular formula is C9H10BrFO2. The maximum absolute atomic E-state index is 12.6. The molecule has 0 atom stereocenters. The Labute approximate surface area is 84.5 Å². The zero-order valence-corrected chi connectivity index (χ0v) is 8.55. The first-order valence-corrected chi connectivity index (χ1v) is 4.72. The first-order chi connectivity index (χ1) is 6.24. The summed E-state index contributed by atoms with van der Waals surface area (Å²) in [7, 11) is 0. The molecule has 0 aliphatic rings. The fraction of sp³-hybridized carbons (Fsp3) is 0.333. The topological polar surface area (TPSA) is 29.5 Å². The molecule has 1 aromatic carbocycles. The summed E-state index contributed by atoms with van der Waals surface area (Å²) in [5.41, 5.74) is 0. The predicted octanol–water partition coefficient (Wildman–Crippen LogP) is 2.35. The van der Waals surface area contributed by atoms with E-state index in [1.54, 1.807) is 6.07 Å². The summed E-state index contributed by atoms with van der Waals surface area (Å²) in [6.07, 6.45) is 0.573. The standard InChI is InChI=1S/C9H10BrFO2/c10-8-6-7(11)2-3-9(8)13-5-1-4-12/h2-3,6,12H,1,4-5H2. The molecule has 2 nitrogen and oxygen atoms in total. The quantitative estimate of drug-likeness (QED) is 0.830. The van der Waals surface area contributed by atoms with Gasteiger partial charge in [-0.05, 0) is 34.1 Å². The number of hydrogen-bond acceptors (Lipinski definition) is 2. The Morgan fingerprint density at radius 1 is 1.46 bits per heavy atom. The van der Waals surface area contributed by atoms with Crippen LogP contribution in [0.5, 0.6) is 5.75 Å². The molecule has 0 heterocycles. The molecule has 0 fully saturated rings. The lowest BCUT2D eigenvalue weighted by atomic mass is 10.3. The van der Waals surface area contributed by atoms with Gasteiger partial charge in [0.15, 0.2) is 0 Å². The van der Waals surface area contributed by atoms with E-state index >= 15 is 0 Å². The van der Waals surface area contributed by atoms with Gasteiger partial charge in [-0.1, -0.05) is 0 Å². The molecule has 0 aromatic heterocycles. The Morgan fingerprint density at radius 2 is 2.23 bits per heavy atom. The van der Waals surface area contributed by atoms with Crippen LogP contribution in [0, 0.1) is 5.82 Å². The zero-order chi connectivity index (χ0) is 9.68. The lowest BCUT2D eigenvalue weighted by Gasteiger charge is -2.06. The third-order valence-corrected chi connectivity index (χ3v) is 2.07. The van der Waals surface area contributed by atoms with E-state index in [0.717, 1.165) is 0 Å². The number of aliphatic hydroxyl groups excluding tert-OH is 1. The minimum absolute atomic E-state index is 0.0960. The molecule has 0 bridgehead atoms. The molecule has 0 spiro atoms. The highest BCUT2D eigenvalue weighted by molar-refractivity contribution is 9.10. The largest absolute Gasteiger partial charge is 0.492 e. The van der Waals surface area contributed by atoms with E-state index in [4.69, 9.17) is 9.84 Å². The van der Waals surface area contributed by atoms with Gasteiger partial charge in [0.25, 0.3) is 0 Å². The monoisotopic (exact) mass is 248 g/mol. The van der Waals surface area contributed by atoms with Crippen molar-refractivity contribution in [2.75, 3.05) is 13.2 Å². The molecule has 72 valence electrons. The molecule has 0 aliphatic carbocycles. The SMILES string of the molecule is OCCCOc1ccc(F)cc1Br. The number of rotatable bonds is 4. The maximum atomic E-state index is 12.6. The van der Waals surface area contributed by atoms with Crippen LogP contribution >= 0.6 is 15.9 Å². The van der Waals surface area contributed by atoms with Crippen LogP contribution in [0.25, 0.3) is 0 Å². The summed E-state index contributed by atoms with van der Waals surface area (Å²) in [6, 6.07) is 4.23. The summed E-state index contributed by atoms with van der Waals surface area (Å²) in [4.78, 5) is 0. The number of aliphatic hydroxyl groups is 1. The van der Waals surface area contributed by atoms with Gasteiger partial charge in [0, 0.05) is 13.0 Å². The summed E-state index contributed by atoms with van der Waals surface area (Å²) >= 11 is 3.17. The van der Waals surface area contributed by atoms with Crippen LogP contribution in [0.3, 0.4) is 0 Å². The van der Waals surface area contributed by atoms with Crippen LogP contribution in [0.15, 0.2) is 22.7 Å². The van der Waals surface area contributed by atoms with Gasteiger partial charge in [0.05, 0.1) is 11.1 Å². The van der Waals surface area contributed by atoms with Crippen molar-refractivity contribution in [1.29, 1.82) is 0 Å². The molecule has 0 radical (unpaired) electrons. The third-order valence-electron chi connectivity index (χ3n) is 1.45. The number of halogens is 2. The van der Waals surface area contributed by atoms with E-state index in [-0.39, 0.29) is 12.4 Å². The highest BCUT2D eigenvalue weighted by atomic mass is 79.9. The Morgan fingerprint density at radius 3 is 2.85 bits per heavy atom. The van der Waals surface area contributed by atoms with Gasteiger partial charge >= 0.3 is 0 Å². The van der Waals surface area contributed by atoms with Crippen molar-refractivity contribution in [2.45, 2.75) is 6.42 Å². The predicted molar refractivity (Wildman–Crippen MR) is 51.3 cm³/mol. The minimum atomic E-state index is -0.304. The van der Waals surface area contributed by atoms with Gasteiger partial charge < -0.3 is 9.84 Å². The van der Waals surface area contributed by atoms with E-state index in [2.05, 4.69) is 15.9 Å². The molecule has 0 amide bonds. The number of hydrogen-bond donors (Lipinski definition) is 1. The number of benzene rings is 1. The van der Waals surface area contributed by atoms with Crippen LogP contribution < -0.4 is 4.74 Å². The van der Waals surface area contributed by atoms with Gasteiger partial charge in [-0.15, -0.1) is 0 Å². The second kappa shape index (κ2) is 5.19. The fourth-order valence-corrected chi connectivity index (χ4v) is 1.30. The molecule has 1 N–H and O–H groups in total. The van der Waals surface area contributed by atoms with Crippen molar-refractivity contribution in [3.63, 3.8) is 0 Å². The van der Waals surface area contributed by atoms with Crippen LogP contribution in [0.4, 0.5) is 4.39 Å². The molecule has 1 aromatic rings. The fourth-order valence-electron chi connectivity index (χ4n) is 0.839. The second-order valence-electron chi connectivity index (χ2n) is 2.50. The molecule has 4 heteroatoms. The molecular weight excluding hydrogens is 239 g/mol. The van der Waals surface area contributed by atoms with E-state index in [1.807, 2.05) is 0 Å². The van der Waals surface area contributed by atoms with Crippen molar-refractivity contribution in [2.24, 2.45) is 0 Å². The lowest BCUT2D eigenvalue weighted by Crippen LogP contribution is -2.00. The lowest BCUT2D eigenvalue weighted by molar-refractivity contribution is 0.233. The summed E-state index contributed by atoms with van der Waals surface area (Å²) in [6.45, 7) is 0.527. The highest BCUT2D eigenvalue weighted by Crippen LogP contribution is 2.25. The van der Waals surface area contributed by atoms with Gasteiger partial charge in [-0.3, -0.25) is 0 Å². The summed E-state index contributed by atoms with van der Waals surface area (Å²) < 4.78 is 18.5. The average Bonchev–Trinajstić information content (AvgIpc) is 2.09. The molecule has 0 saturated heterocycles. The Balaban J connectivity index is 2.56. The van der Waals surface area contributed by atoms with Gasteiger partial charge in [-0.25, -0.2) is 4.39 Å². The summed E-state index contributed by atoms with van der Waals surface area (Å²) in [5, 5.41) is 8.51. The molecule has 0 saturated carbocycles. The normalized spacial score (nSPS) is 10.1. The second-order valence-corrected chi connectivity index (χ2v) is 3.35. The third kappa shape index (κ3) is 3.32. The van der Waals surface area contributed by atoms with Crippen molar-refractivity contribution in [3.8, 4) is 5.75 Å². The smallest absolute Gasteiger partial charge is 0.133 e. The number of ether oxygens (including phenoxy) is 1. The van der Waals surface area contributed by atoms with Crippen molar-refractivity contribution < 1.29 is 14.2 Å². The van der Waals surface area contributed by atoms with E-state index in [0.29, 0.717) is 23.2 Å². The van der Waals surface area contributed by atoms with E-state index < -0.39 is 0 Å². The Kier molecular flexibility index (Phi) is 4.18. The molecule has 1 rings (SSSR count). The molecule has 13 heavy (non-hydrogen) atoms. The first kappa shape index (κ1) is 10.5. The van der Waals surface area contributed by atoms with Gasteiger partial charge in [0.2, 0.25) is 0 Å². The zero-order valence-electron chi connectivity index (χ0n) is 6.96. The molecule has 0 unspecified atom stereocenters. The van der Waals surface area contributed by atoms with Gasteiger partial charge in [-0.2, -0.15) is 0 Å². The van der Waals surface area contributed by atoms with E-state index in [1.165, 1.54) is 12.1 Å². The summed E-state index contributed by atoms with van der Waals surface area (Å²) in [5.74, 6) is 0.288. The average molecular weight is 249 g/mol. The van der Waals surface area contributed by atoms with Gasteiger partial charge in [0.1, 0.15) is 11.6 Å². The van der Waals surface area contributed by atoms with Crippen molar-refractivity contribution in [3.05, 3.63) is 28.5 Å². The van der Waals surface area contributed by atoms with Crippen LogP contribution in [0.2, 0.25) is 0 Å². The maximum Gasteiger partial charge on any atom is 0.133 e. The highest BCUT2D eigenvalue weighted by Gasteiger charge is 2.01. The van der Waals surface area contributed by atoms with Crippen molar-refractivity contribution >= 4 is 15.9 Å². The van der Waals surface area contributed by atoms with Crippen molar-refractivity contribution in [1.82, 2.24) is 0 Å². The first-order valence-electron chi connectivity index (χ1n) is 3.93. The molecule has 0 aliphatic heterocycles. The van der Waals surface area contributed by atoms with Crippen LogP contribution in [0.1, 0.15) is 6.42 Å². The minimum Gasteiger partial charge on any atom is -0.492 e. The van der Waals surface area contributed by atoms with Crippen LogP contribution in [-0.2, 0) is 0 Å². The van der Waals surface area contributed by atoms with E-state index in [9.17, 15) is 4.39 Å².